The SMILES string of the molecule is COc1cc2c(cc1OC)[C@H](c1cccs1)N(C(=O)/C=C/c1ccccc1)CC2. The first kappa shape index (κ1) is 19.3. The van der Waals surface area contributed by atoms with Gasteiger partial charge in [-0.05, 0) is 52.8 Å². The van der Waals surface area contributed by atoms with E-state index in [4.69, 9.17) is 9.47 Å². The fourth-order valence-electron chi connectivity index (χ4n) is 3.76. The van der Waals surface area contributed by atoms with Crippen LogP contribution in [0.1, 0.15) is 27.6 Å². The van der Waals surface area contributed by atoms with E-state index in [-0.39, 0.29) is 11.9 Å². The lowest BCUT2D eigenvalue weighted by Gasteiger charge is -2.37. The normalized spacial score (nSPS) is 15.9. The highest BCUT2D eigenvalue weighted by Gasteiger charge is 2.33. The van der Waals surface area contributed by atoms with Crippen LogP contribution in [-0.2, 0) is 11.2 Å². The van der Waals surface area contributed by atoms with Crippen LogP contribution in [0.5, 0.6) is 11.5 Å². The number of ether oxygens (including phenoxy) is 2. The molecule has 0 N–H and O–H groups in total. The van der Waals surface area contributed by atoms with Crippen LogP contribution in [-0.4, -0.2) is 31.6 Å². The number of amides is 1. The molecule has 1 aromatic heterocycles. The van der Waals surface area contributed by atoms with Crippen LogP contribution in [0.3, 0.4) is 0 Å². The molecule has 1 atom stereocenters. The fraction of sp³-hybridized carbons (Fsp3) is 0.208. The summed E-state index contributed by atoms with van der Waals surface area (Å²) in [4.78, 5) is 16.2. The van der Waals surface area contributed by atoms with Crippen molar-refractivity contribution in [1.29, 1.82) is 0 Å². The second-order valence-corrected chi connectivity index (χ2v) is 7.83. The Balaban J connectivity index is 1.72. The van der Waals surface area contributed by atoms with Crippen LogP contribution in [0.25, 0.3) is 6.08 Å². The molecule has 0 fully saturated rings. The van der Waals surface area contributed by atoms with Crippen LogP contribution < -0.4 is 9.47 Å². The standard InChI is InChI=1S/C24H23NO3S/c1-27-20-15-18-12-13-25(23(26)11-10-17-7-4-3-5-8-17)24(22-9-6-14-29-22)19(18)16-21(20)28-2/h3-11,14-16,24H,12-13H2,1-2H3/b11-10+/t24-/m1/s1. The summed E-state index contributed by atoms with van der Waals surface area (Å²) >= 11 is 1.66. The molecule has 3 aromatic rings. The molecule has 0 unspecified atom stereocenters. The van der Waals surface area contributed by atoms with Crippen LogP contribution in [0.2, 0.25) is 0 Å². The number of hydrogen-bond donors (Lipinski definition) is 0. The fourth-order valence-corrected chi connectivity index (χ4v) is 4.62. The largest absolute Gasteiger partial charge is 0.493 e. The molecule has 1 aliphatic rings. The second-order valence-electron chi connectivity index (χ2n) is 6.85. The number of nitrogens with zero attached hydrogens (tertiary/aromatic N) is 1. The predicted molar refractivity (Wildman–Crippen MR) is 117 cm³/mol. The maximum atomic E-state index is 13.2. The zero-order valence-corrected chi connectivity index (χ0v) is 17.3. The maximum Gasteiger partial charge on any atom is 0.247 e. The third-order valence-corrected chi connectivity index (χ3v) is 6.11. The zero-order valence-electron chi connectivity index (χ0n) is 16.5. The number of carbonyl (C=O) groups excluding carboxylic acids is 1. The Morgan fingerprint density at radius 3 is 2.52 bits per heavy atom. The molecule has 4 nitrogen and oxygen atoms in total. The average Bonchev–Trinajstić information content (AvgIpc) is 3.30. The third kappa shape index (κ3) is 3.91. The van der Waals surface area contributed by atoms with E-state index in [1.807, 2.05) is 64.9 Å². The lowest BCUT2D eigenvalue weighted by Crippen LogP contribution is -2.39. The molecule has 148 valence electrons. The van der Waals surface area contributed by atoms with Gasteiger partial charge in [0.05, 0.1) is 20.3 Å². The number of rotatable bonds is 5. The summed E-state index contributed by atoms with van der Waals surface area (Å²) in [7, 11) is 3.28. The van der Waals surface area contributed by atoms with Gasteiger partial charge in [-0.2, -0.15) is 0 Å². The quantitative estimate of drug-likeness (QED) is 0.564. The average molecular weight is 406 g/mol. The van der Waals surface area contributed by atoms with Gasteiger partial charge < -0.3 is 14.4 Å². The Hall–Kier alpha value is -3.05. The molecule has 2 heterocycles. The summed E-state index contributed by atoms with van der Waals surface area (Å²) in [6.07, 6.45) is 4.32. The first-order valence-corrected chi connectivity index (χ1v) is 10.4. The van der Waals surface area contributed by atoms with E-state index in [0.29, 0.717) is 12.3 Å². The van der Waals surface area contributed by atoms with Crippen LogP contribution in [0.4, 0.5) is 0 Å². The summed E-state index contributed by atoms with van der Waals surface area (Å²) < 4.78 is 11.0. The molecule has 0 saturated carbocycles. The van der Waals surface area contributed by atoms with E-state index < -0.39 is 0 Å². The van der Waals surface area contributed by atoms with Crippen molar-refractivity contribution in [3.05, 3.63) is 87.6 Å². The maximum absolute atomic E-state index is 13.2. The number of thiophene rings is 1. The van der Waals surface area contributed by atoms with E-state index in [1.54, 1.807) is 31.6 Å². The van der Waals surface area contributed by atoms with Crippen molar-refractivity contribution in [2.75, 3.05) is 20.8 Å². The molecule has 4 rings (SSSR count). The van der Waals surface area contributed by atoms with Gasteiger partial charge in [0.25, 0.3) is 0 Å². The second kappa shape index (κ2) is 8.53. The van der Waals surface area contributed by atoms with Gasteiger partial charge in [-0.1, -0.05) is 36.4 Å². The molecule has 1 amide bonds. The molecule has 0 saturated heterocycles. The minimum atomic E-state index is -0.133. The highest BCUT2D eigenvalue weighted by atomic mass is 32.1. The van der Waals surface area contributed by atoms with Gasteiger partial charge >= 0.3 is 0 Å². The third-order valence-electron chi connectivity index (χ3n) is 5.19. The zero-order chi connectivity index (χ0) is 20.2. The summed E-state index contributed by atoms with van der Waals surface area (Å²) in [6, 6.07) is 17.9. The summed E-state index contributed by atoms with van der Waals surface area (Å²) in [6.45, 7) is 0.656. The number of methoxy groups -OCH3 is 2. The Bertz CT molecular complexity index is 1010. The van der Waals surface area contributed by atoms with Gasteiger partial charge in [-0.15, -0.1) is 11.3 Å². The number of benzene rings is 2. The van der Waals surface area contributed by atoms with Crippen molar-refractivity contribution in [2.24, 2.45) is 0 Å². The van der Waals surface area contributed by atoms with Crippen molar-refractivity contribution in [1.82, 2.24) is 4.90 Å². The Morgan fingerprint density at radius 2 is 1.83 bits per heavy atom. The van der Waals surface area contributed by atoms with E-state index in [1.165, 1.54) is 5.56 Å². The van der Waals surface area contributed by atoms with E-state index in [9.17, 15) is 4.79 Å². The predicted octanol–water partition coefficient (Wildman–Crippen LogP) is 4.95. The van der Waals surface area contributed by atoms with Gasteiger partial charge in [0.1, 0.15) is 0 Å². The minimum Gasteiger partial charge on any atom is -0.493 e. The summed E-state index contributed by atoms with van der Waals surface area (Å²) in [5.41, 5.74) is 3.30. The number of carbonyl (C=O) groups is 1. The summed E-state index contributed by atoms with van der Waals surface area (Å²) in [5, 5.41) is 2.05. The first-order valence-electron chi connectivity index (χ1n) is 9.53. The molecule has 1 aliphatic heterocycles. The van der Waals surface area contributed by atoms with E-state index >= 15 is 0 Å². The van der Waals surface area contributed by atoms with Gasteiger partial charge in [-0.25, -0.2) is 0 Å². The monoisotopic (exact) mass is 405 g/mol. The van der Waals surface area contributed by atoms with Crippen molar-refractivity contribution >= 4 is 23.3 Å². The van der Waals surface area contributed by atoms with Crippen LogP contribution >= 0.6 is 11.3 Å². The van der Waals surface area contributed by atoms with Gasteiger partial charge in [0.2, 0.25) is 5.91 Å². The summed E-state index contributed by atoms with van der Waals surface area (Å²) in [5.74, 6) is 1.41. The van der Waals surface area contributed by atoms with Gasteiger partial charge in [0.15, 0.2) is 11.5 Å². The van der Waals surface area contributed by atoms with Crippen molar-refractivity contribution in [2.45, 2.75) is 12.5 Å². The Kier molecular flexibility index (Phi) is 5.67. The minimum absolute atomic E-state index is 0.00712. The molecule has 2 aromatic carbocycles. The molecular formula is C24H23NO3S. The highest BCUT2D eigenvalue weighted by molar-refractivity contribution is 7.10. The van der Waals surface area contributed by atoms with E-state index in [2.05, 4.69) is 6.07 Å². The number of hydrogen-bond acceptors (Lipinski definition) is 4. The Morgan fingerprint density at radius 1 is 1.07 bits per heavy atom. The lowest BCUT2D eigenvalue weighted by atomic mass is 9.90. The lowest BCUT2D eigenvalue weighted by molar-refractivity contribution is -0.127. The topological polar surface area (TPSA) is 38.8 Å². The molecule has 0 radical (unpaired) electrons. The first-order chi connectivity index (χ1) is 14.2. The number of fused-ring (bicyclic) bond motifs is 1. The highest BCUT2D eigenvalue weighted by Crippen LogP contribution is 2.42. The molecule has 0 bridgehead atoms. The molecule has 5 heteroatoms. The van der Waals surface area contributed by atoms with Gasteiger partial charge in [0, 0.05) is 17.5 Å². The smallest absolute Gasteiger partial charge is 0.247 e. The van der Waals surface area contributed by atoms with Crippen molar-refractivity contribution < 1.29 is 14.3 Å². The van der Waals surface area contributed by atoms with E-state index in [0.717, 1.165) is 28.2 Å². The van der Waals surface area contributed by atoms with Crippen LogP contribution in [0.15, 0.2) is 66.1 Å². The Labute approximate surface area is 175 Å². The molecule has 0 aliphatic carbocycles. The van der Waals surface area contributed by atoms with Crippen molar-refractivity contribution in [3.63, 3.8) is 0 Å². The molecular weight excluding hydrogens is 382 g/mol. The van der Waals surface area contributed by atoms with Crippen molar-refractivity contribution in [3.8, 4) is 11.5 Å². The molecule has 0 spiro atoms. The van der Waals surface area contributed by atoms with Crippen LogP contribution in [0, 0.1) is 0 Å². The van der Waals surface area contributed by atoms with Gasteiger partial charge in [-0.3, -0.25) is 4.79 Å². The molecule has 29 heavy (non-hydrogen) atoms.